The molecule has 1 aliphatic heterocycles. The largest absolute Gasteiger partial charge is 0.343 e. The predicted octanol–water partition coefficient (Wildman–Crippen LogP) is -0.652. The Bertz CT molecular complexity index is 215. The molecule has 12 heavy (non-hydrogen) atoms. The van der Waals surface area contributed by atoms with Gasteiger partial charge in [-0.15, -0.1) is 0 Å². The van der Waals surface area contributed by atoms with Gasteiger partial charge in [0.25, 0.3) is 0 Å². The normalized spacial score (nSPS) is 26.1. The number of hydrogen-bond acceptors (Lipinski definition) is 3. The first-order valence-corrected chi connectivity index (χ1v) is 3.97. The van der Waals surface area contributed by atoms with E-state index in [1.54, 1.807) is 30.8 Å². The Hall–Kier alpha value is -0.900. The van der Waals surface area contributed by atoms with Crippen molar-refractivity contribution in [1.82, 2.24) is 9.80 Å². The highest BCUT2D eigenvalue weighted by Crippen LogP contribution is 2.07. The van der Waals surface area contributed by atoms with E-state index in [1.165, 1.54) is 0 Å². The summed E-state index contributed by atoms with van der Waals surface area (Å²) in [5, 5.41) is 0. The summed E-state index contributed by atoms with van der Waals surface area (Å²) >= 11 is 0. The van der Waals surface area contributed by atoms with Crippen molar-refractivity contribution in [3.05, 3.63) is 0 Å². The van der Waals surface area contributed by atoms with Crippen molar-refractivity contribution < 1.29 is 9.59 Å². The van der Waals surface area contributed by atoms with Gasteiger partial charge in [-0.2, -0.15) is 0 Å². The lowest BCUT2D eigenvalue weighted by Crippen LogP contribution is -2.55. The van der Waals surface area contributed by atoms with E-state index in [4.69, 9.17) is 0 Å². The minimum Gasteiger partial charge on any atom is -0.343 e. The molecule has 1 rings (SSSR count). The van der Waals surface area contributed by atoms with E-state index in [0.717, 1.165) is 0 Å². The third-order valence-electron chi connectivity index (χ3n) is 2.26. The first kappa shape index (κ1) is 9.19. The van der Waals surface area contributed by atoms with E-state index >= 15 is 0 Å². The summed E-state index contributed by atoms with van der Waals surface area (Å²) in [7, 11) is 3.53. The molecule has 0 aromatic rings. The van der Waals surface area contributed by atoms with Gasteiger partial charge in [0.1, 0.15) is 5.78 Å². The molecule has 0 radical (unpaired) electrons. The summed E-state index contributed by atoms with van der Waals surface area (Å²) in [5.41, 5.74) is 0. The maximum Gasteiger partial charge on any atom is 0.236 e. The SMILES string of the molecule is CC(=O)C1CN(C)C(=O)CN1C. The van der Waals surface area contributed by atoms with Crippen LogP contribution in [-0.4, -0.2) is 54.7 Å². The van der Waals surface area contributed by atoms with Crippen LogP contribution in [0.2, 0.25) is 0 Å². The zero-order valence-electron chi connectivity index (χ0n) is 7.70. The van der Waals surface area contributed by atoms with Gasteiger partial charge in [-0.25, -0.2) is 0 Å². The van der Waals surface area contributed by atoms with Gasteiger partial charge in [0, 0.05) is 13.6 Å². The number of rotatable bonds is 1. The van der Waals surface area contributed by atoms with Crippen molar-refractivity contribution in [2.45, 2.75) is 13.0 Å². The van der Waals surface area contributed by atoms with Crippen LogP contribution in [0.25, 0.3) is 0 Å². The van der Waals surface area contributed by atoms with Crippen molar-refractivity contribution in [1.29, 1.82) is 0 Å². The molecule has 0 bridgehead atoms. The number of nitrogens with zero attached hydrogens (tertiary/aromatic N) is 2. The van der Waals surface area contributed by atoms with E-state index in [0.29, 0.717) is 13.1 Å². The molecule has 0 aromatic heterocycles. The number of piperazine rings is 1. The van der Waals surface area contributed by atoms with Gasteiger partial charge in [0.15, 0.2) is 0 Å². The second kappa shape index (κ2) is 3.23. The van der Waals surface area contributed by atoms with Crippen LogP contribution in [0.5, 0.6) is 0 Å². The number of likely N-dealkylation sites (N-methyl/N-ethyl adjacent to an activating group) is 2. The molecule has 1 heterocycles. The van der Waals surface area contributed by atoms with Gasteiger partial charge in [0.05, 0.1) is 12.6 Å². The first-order chi connectivity index (χ1) is 5.52. The Morgan fingerprint density at radius 1 is 1.50 bits per heavy atom. The van der Waals surface area contributed by atoms with Crippen molar-refractivity contribution in [3.63, 3.8) is 0 Å². The second-order valence-electron chi connectivity index (χ2n) is 3.32. The molecular formula is C8H14N2O2. The standard InChI is InChI=1S/C8H14N2O2/c1-6(11)7-4-10(3)8(12)5-9(7)2/h7H,4-5H2,1-3H3. The lowest BCUT2D eigenvalue weighted by molar-refractivity contribution is -0.139. The van der Waals surface area contributed by atoms with Crippen molar-refractivity contribution in [2.75, 3.05) is 27.2 Å². The van der Waals surface area contributed by atoms with Gasteiger partial charge in [-0.3, -0.25) is 14.5 Å². The van der Waals surface area contributed by atoms with E-state index in [1.807, 2.05) is 0 Å². The van der Waals surface area contributed by atoms with Gasteiger partial charge in [-0.1, -0.05) is 0 Å². The molecular weight excluding hydrogens is 156 g/mol. The number of Topliss-reactive ketones (excluding diaryl/α,β-unsaturated/α-hetero) is 1. The molecule has 68 valence electrons. The smallest absolute Gasteiger partial charge is 0.236 e. The van der Waals surface area contributed by atoms with Gasteiger partial charge < -0.3 is 4.90 Å². The molecule has 0 aliphatic carbocycles. The van der Waals surface area contributed by atoms with Crippen molar-refractivity contribution in [3.8, 4) is 0 Å². The molecule has 1 atom stereocenters. The zero-order chi connectivity index (χ0) is 9.30. The van der Waals surface area contributed by atoms with Gasteiger partial charge in [-0.05, 0) is 14.0 Å². The maximum atomic E-state index is 11.1. The summed E-state index contributed by atoms with van der Waals surface area (Å²) in [6.07, 6.45) is 0. The molecule has 1 aliphatic rings. The van der Waals surface area contributed by atoms with Crippen LogP contribution >= 0.6 is 0 Å². The minimum atomic E-state index is -0.118. The van der Waals surface area contributed by atoms with Crippen LogP contribution in [0, 0.1) is 0 Å². The van der Waals surface area contributed by atoms with E-state index in [-0.39, 0.29) is 17.7 Å². The molecule has 1 saturated heterocycles. The highest BCUT2D eigenvalue weighted by Gasteiger charge is 2.29. The number of carbonyl (C=O) groups is 2. The fourth-order valence-electron chi connectivity index (χ4n) is 1.38. The Labute approximate surface area is 72.1 Å². The molecule has 4 heteroatoms. The van der Waals surface area contributed by atoms with Gasteiger partial charge in [0.2, 0.25) is 5.91 Å². The maximum absolute atomic E-state index is 11.1. The summed E-state index contributed by atoms with van der Waals surface area (Å²) in [5.74, 6) is 0.201. The number of amides is 1. The van der Waals surface area contributed by atoms with E-state index in [2.05, 4.69) is 0 Å². The average molecular weight is 170 g/mol. The van der Waals surface area contributed by atoms with Crippen LogP contribution in [0.15, 0.2) is 0 Å². The van der Waals surface area contributed by atoms with Crippen molar-refractivity contribution in [2.24, 2.45) is 0 Å². The zero-order valence-corrected chi connectivity index (χ0v) is 7.70. The topological polar surface area (TPSA) is 40.6 Å². The summed E-state index contributed by atoms with van der Waals surface area (Å²) in [6, 6.07) is -0.118. The predicted molar refractivity (Wildman–Crippen MR) is 44.7 cm³/mol. The van der Waals surface area contributed by atoms with Crippen LogP contribution in [0.4, 0.5) is 0 Å². The Kier molecular flexibility index (Phi) is 2.47. The molecule has 1 amide bonds. The molecule has 0 saturated carbocycles. The van der Waals surface area contributed by atoms with Crippen molar-refractivity contribution >= 4 is 11.7 Å². The molecule has 1 unspecified atom stereocenters. The fourth-order valence-corrected chi connectivity index (χ4v) is 1.38. The minimum absolute atomic E-state index is 0.0787. The Morgan fingerprint density at radius 3 is 2.58 bits per heavy atom. The first-order valence-electron chi connectivity index (χ1n) is 3.97. The molecule has 4 nitrogen and oxygen atoms in total. The monoisotopic (exact) mass is 170 g/mol. The van der Waals surface area contributed by atoms with Gasteiger partial charge >= 0.3 is 0 Å². The summed E-state index contributed by atoms with van der Waals surface area (Å²) in [4.78, 5) is 25.6. The Morgan fingerprint density at radius 2 is 2.08 bits per heavy atom. The number of carbonyl (C=O) groups excluding carboxylic acids is 2. The molecule has 0 aromatic carbocycles. The highest BCUT2D eigenvalue weighted by atomic mass is 16.2. The number of ketones is 1. The van der Waals surface area contributed by atoms with Crippen LogP contribution in [-0.2, 0) is 9.59 Å². The fraction of sp³-hybridized carbons (Fsp3) is 0.750. The molecule has 1 fully saturated rings. The molecule has 0 spiro atoms. The third kappa shape index (κ3) is 1.64. The third-order valence-corrected chi connectivity index (χ3v) is 2.26. The quantitative estimate of drug-likeness (QED) is 0.525. The lowest BCUT2D eigenvalue weighted by atomic mass is 10.1. The van der Waals surface area contributed by atoms with Crippen LogP contribution in [0.1, 0.15) is 6.92 Å². The van der Waals surface area contributed by atoms with E-state index in [9.17, 15) is 9.59 Å². The Balaban J connectivity index is 2.67. The highest BCUT2D eigenvalue weighted by molar-refractivity contribution is 5.86. The average Bonchev–Trinajstić information content (AvgIpc) is 1.96. The van der Waals surface area contributed by atoms with Crippen LogP contribution < -0.4 is 0 Å². The summed E-state index contributed by atoms with van der Waals surface area (Å²) < 4.78 is 0. The molecule has 0 N–H and O–H groups in total. The van der Waals surface area contributed by atoms with Crippen LogP contribution in [0.3, 0.4) is 0 Å². The number of hydrogen-bond donors (Lipinski definition) is 0. The van der Waals surface area contributed by atoms with E-state index < -0.39 is 0 Å². The second-order valence-corrected chi connectivity index (χ2v) is 3.32. The lowest BCUT2D eigenvalue weighted by Gasteiger charge is -2.35. The summed E-state index contributed by atoms with van der Waals surface area (Å²) in [6.45, 7) is 2.43.